The molecule has 0 rings (SSSR count). The van der Waals surface area contributed by atoms with Crippen LogP contribution in [-0.2, 0) is 4.57 Å². The summed E-state index contributed by atoms with van der Waals surface area (Å²) in [5.41, 5.74) is 0. The first-order valence-electron chi connectivity index (χ1n) is 3.42. The van der Waals surface area contributed by atoms with Crippen LogP contribution in [0.5, 0.6) is 0 Å². The fourth-order valence-corrected chi connectivity index (χ4v) is 0. The van der Waals surface area contributed by atoms with Crippen molar-refractivity contribution in [3.63, 3.8) is 0 Å². The van der Waals surface area contributed by atoms with Crippen molar-refractivity contribution >= 4 is 7.82 Å². The van der Waals surface area contributed by atoms with Gasteiger partial charge in [-0.15, -0.1) is 0 Å². The zero-order valence-corrected chi connectivity index (χ0v) is 8.45. The molecule has 6 heteroatoms. The van der Waals surface area contributed by atoms with Gasteiger partial charge in [-0.2, -0.15) is 5.26 Å². The minimum absolute atomic E-state index is 1.32. The molecule has 0 aliphatic carbocycles. The topological polar surface area (TPSA) is 102 Å². The predicted octanol–water partition coefficient (Wildman–Crippen LogP) is 1.41. The van der Waals surface area contributed by atoms with Gasteiger partial charge in [0.05, 0.1) is 6.07 Å². The van der Waals surface area contributed by atoms with Gasteiger partial charge < -0.3 is 14.7 Å². The maximum atomic E-state index is 8.88. The molecule has 0 fully saturated rings. The molecule has 0 aromatic carbocycles. The van der Waals surface area contributed by atoms with E-state index in [9.17, 15) is 0 Å². The highest BCUT2D eigenvalue weighted by atomic mass is 31.2. The van der Waals surface area contributed by atoms with Gasteiger partial charge in [0.1, 0.15) is 0 Å². The van der Waals surface area contributed by atoms with Gasteiger partial charge in [-0.25, -0.2) is 4.57 Å². The van der Waals surface area contributed by atoms with Gasteiger partial charge in [-0.1, -0.05) is 26.7 Å². The lowest BCUT2D eigenvalue weighted by molar-refractivity contribution is 0.275. The smallest absolute Gasteiger partial charge is 0.303 e. The average Bonchev–Trinajstić information content (AvgIpc) is 1.85. The molecule has 0 aliphatic heterocycles. The Morgan fingerprint density at radius 2 is 1.33 bits per heavy atom. The molecule has 0 unspecified atom stereocenters. The van der Waals surface area contributed by atoms with E-state index in [0.717, 1.165) is 0 Å². The van der Waals surface area contributed by atoms with Gasteiger partial charge in [0.15, 0.2) is 0 Å². The van der Waals surface area contributed by atoms with E-state index in [1.54, 1.807) is 6.07 Å². The van der Waals surface area contributed by atoms with Gasteiger partial charge in [0, 0.05) is 6.92 Å². The Kier molecular flexibility index (Phi) is 19.4. The van der Waals surface area contributed by atoms with Crippen LogP contribution in [0.1, 0.15) is 33.6 Å². The number of nitrogens with zero attached hydrogens (tertiary/aromatic N) is 1. The second-order valence-electron chi connectivity index (χ2n) is 1.74. The van der Waals surface area contributed by atoms with Gasteiger partial charge in [-0.05, 0) is 0 Å². The highest BCUT2D eigenvalue weighted by Crippen LogP contribution is 2.25. The van der Waals surface area contributed by atoms with Crippen LogP contribution in [0.15, 0.2) is 0 Å². The van der Waals surface area contributed by atoms with Crippen molar-refractivity contribution in [2.45, 2.75) is 33.6 Å². The molecule has 12 heavy (non-hydrogen) atoms. The quantitative estimate of drug-likeness (QED) is 0.551. The summed E-state index contributed by atoms with van der Waals surface area (Å²) < 4.78 is 8.88. The van der Waals surface area contributed by atoms with E-state index in [1.807, 2.05) is 0 Å². The van der Waals surface area contributed by atoms with E-state index in [2.05, 4.69) is 13.8 Å². The Bertz CT molecular complexity index is 138. The first-order chi connectivity index (χ1) is 5.33. The van der Waals surface area contributed by atoms with Crippen LogP contribution in [0.4, 0.5) is 0 Å². The van der Waals surface area contributed by atoms with E-state index >= 15 is 0 Å². The van der Waals surface area contributed by atoms with E-state index in [-0.39, 0.29) is 0 Å². The van der Waals surface area contributed by atoms with Crippen molar-refractivity contribution in [2.24, 2.45) is 0 Å². The van der Waals surface area contributed by atoms with Crippen LogP contribution in [0.2, 0.25) is 0 Å². The minimum Gasteiger partial charge on any atom is -0.303 e. The zero-order valence-electron chi connectivity index (χ0n) is 7.56. The monoisotopic (exact) mass is 197 g/mol. The normalized spacial score (nSPS) is 8.08. The molecular formula is C6H16NO4P. The minimum atomic E-state index is -4.64. The molecule has 0 saturated carbocycles. The van der Waals surface area contributed by atoms with Crippen molar-refractivity contribution in [1.29, 1.82) is 5.26 Å². The molecule has 0 aromatic rings. The third-order valence-corrected chi connectivity index (χ3v) is 0.500. The fourth-order valence-electron chi connectivity index (χ4n) is 0. The Morgan fingerprint density at radius 3 is 1.33 bits per heavy atom. The number of hydrogen-bond donors (Lipinski definition) is 3. The Hall–Kier alpha value is -0.400. The highest BCUT2D eigenvalue weighted by molar-refractivity contribution is 7.45. The Morgan fingerprint density at radius 1 is 1.25 bits per heavy atom. The molecule has 0 bridgehead atoms. The second kappa shape index (κ2) is 13.2. The molecule has 3 N–H and O–H groups in total. The fraction of sp³-hybridized carbons (Fsp3) is 0.833. The lowest BCUT2D eigenvalue weighted by Gasteiger charge is -1.82. The highest BCUT2D eigenvalue weighted by Gasteiger charge is 2.00. The molecule has 0 saturated heterocycles. The van der Waals surface area contributed by atoms with E-state index in [4.69, 9.17) is 24.5 Å². The number of phosphoric acid groups is 1. The first-order valence-corrected chi connectivity index (χ1v) is 4.99. The van der Waals surface area contributed by atoms with Crippen molar-refractivity contribution in [3.8, 4) is 6.07 Å². The molecule has 0 heterocycles. The number of nitriles is 1. The lowest BCUT2D eigenvalue weighted by atomic mass is 10.4. The molecule has 0 atom stereocenters. The van der Waals surface area contributed by atoms with Crippen molar-refractivity contribution < 1.29 is 19.2 Å². The molecule has 0 aliphatic rings. The van der Waals surface area contributed by atoms with Gasteiger partial charge in [0.25, 0.3) is 0 Å². The third kappa shape index (κ3) is 1970. The van der Waals surface area contributed by atoms with E-state index in [0.29, 0.717) is 0 Å². The van der Waals surface area contributed by atoms with E-state index < -0.39 is 7.82 Å². The summed E-state index contributed by atoms with van der Waals surface area (Å²) in [6, 6.07) is 1.75. The number of rotatable bonds is 1. The maximum Gasteiger partial charge on any atom is 0.466 e. The summed E-state index contributed by atoms with van der Waals surface area (Å²) >= 11 is 0. The summed E-state index contributed by atoms with van der Waals surface area (Å²) in [5, 5.41) is 7.32. The van der Waals surface area contributed by atoms with Crippen LogP contribution in [0, 0.1) is 11.3 Å². The summed E-state index contributed by atoms with van der Waals surface area (Å²) in [7, 11) is -4.64. The molecule has 0 radical (unpaired) electrons. The van der Waals surface area contributed by atoms with Crippen molar-refractivity contribution in [2.75, 3.05) is 0 Å². The molecule has 0 spiro atoms. The first kappa shape index (κ1) is 17.6. The van der Waals surface area contributed by atoms with Gasteiger partial charge in [0.2, 0.25) is 0 Å². The molecule has 5 nitrogen and oxygen atoms in total. The van der Waals surface area contributed by atoms with Crippen LogP contribution >= 0.6 is 7.82 Å². The largest absolute Gasteiger partial charge is 0.466 e. The summed E-state index contributed by atoms with van der Waals surface area (Å²) in [6.07, 6.45) is 2.64. The summed E-state index contributed by atoms with van der Waals surface area (Å²) in [6.45, 7) is 5.79. The standard InChI is InChI=1S/C4H10.C2H3N.H3O4P/c1-3-4-2;1-2-3;1-5(2,3)4/h3-4H2,1-2H3;1H3;(H3,1,2,3,4). The molecular weight excluding hydrogens is 181 g/mol. The SMILES string of the molecule is CC#N.CCCC.O=P(O)(O)O. The van der Waals surface area contributed by atoms with Crippen LogP contribution < -0.4 is 0 Å². The van der Waals surface area contributed by atoms with Crippen molar-refractivity contribution in [3.05, 3.63) is 0 Å². The summed E-state index contributed by atoms with van der Waals surface area (Å²) in [4.78, 5) is 21.6. The maximum absolute atomic E-state index is 8.88. The van der Waals surface area contributed by atoms with Gasteiger partial charge in [-0.3, -0.25) is 0 Å². The average molecular weight is 197 g/mol. The second-order valence-corrected chi connectivity index (χ2v) is 2.76. The summed E-state index contributed by atoms with van der Waals surface area (Å²) in [5.74, 6) is 0. The zero-order chi connectivity index (χ0) is 10.6. The Labute approximate surface area is 72.9 Å². The molecule has 0 amide bonds. The number of unbranched alkanes of at least 4 members (excludes halogenated alkanes) is 1. The van der Waals surface area contributed by atoms with Crippen LogP contribution in [-0.4, -0.2) is 14.7 Å². The van der Waals surface area contributed by atoms with E-state index in [1.165, 1.54) is 19.8 Å². The van der Waals surface area contributed by atoms with Gasteiger partial charge >= 0.3 is 7.82 Å². The Balaban J connectivity index is -0.000000105. The van der Waals surface area contributed by atoms with Crippen LogP contribution in [0.25, 0.3) is 0 Å². The molecule has 74 valence electrons. The van der Waals surface area contributed by atoms with Crippen LogP contribution in [0.3, 0.4) is 0 Å². The lowest BCUT2D eigenvalue weighted by Crippen LogP contribution is -1.66. The molecule has 0 aromatic heterocycles. The third-order valence-electron chi connectivity index (χ3n) is 0.500. The van der Waals surface area contributed by atoms with Crippen molar-refractivity contribution in [1.82, 2.24) is 0 Å². The predicted molar refractivity (Wildman–Crippen MR) is 46.1 cm³/mol. The number of hydrogen-bond acceptors (Lipinski definition) is 2.